The van der Waals surface area contributed by atoms with Crippen molar-refractivity contribution in [2.24, 2.45) is 0 Å². The summed E-state index contributed by atoms with van der Waals surface area (Å²) in [7, 11) is -3.79. The SMILES string of the molecule is O=S(=O)(Nc1cccc(C2O[C@H](CSc3nc(-c4ccccc4)c(-c4ccccc4)o3)C[C@H](c3ccc(CO)cc3)O2)c1)c1ccccc1. The average molecular weight is 691 g/mol. The first-order chi connectivity index (χ1) is 23.9. The molecule has 7 rings (SSSR count). The molecule has 0 amide bonds. The molecule has 1 fully saturated rings. The minimum absolute atomic E-state index is 0.0471. The molecule has 5 aromatic carbocycles. The first-order valence-electron chi connectivity index (χ1n) is 15.9. The van der Waals surface area contributed by atoms with Crippen LogP contribution in [-0.2, 0) is 26.1 Å². The molecule has 2 heterocycles. The van der Waals surface area contributed by atoms with E-state index in [4.69, 9.17) is 18.9 Å². The van der Waals surface area contributed by atoms with E-state index >= 15 is 0 Å². The van der Waals surface area contributed by atoms with Gasteiger partial charge in [0, 0.05) is 34.6 Å². The highest BCUT2D eigenvalue weighted by atomic mass is 32.2. The van der Waals surface area contributed by atoms with Crippen molar-refractivity contribution in [1.29, 1.82) is 0 Å². The summed E-state index contributed by atoms with van der Waals surface area (Å²) >= 11 is 1.48. The van der Waals surface area contributed by atoms with Crippen LogP contribution in [0.2, 0.25) is 0 Å². The first kappa shape index (κ1) is 32.8. The van der Waals surface area contributed by atoms with E-state index in [2.05, 4.69) is 4.72 Å². The number of aliphatic hydroxyl groups excluding tert-OH is 1. The lowest BCUT2D eigenvalue weighted by atomic mass is 10.0. The topological polar surface area (TPSA) is 111 Å². The predicted molar refractivity (Wildman–Crippen MR) is 190 cm³/mol. The number of aliphatic hydroxyl groups is 1. The van der Waals surface area contributed by atoms with E-state index in [1.807, 2.05) is 91.0 Å². The van der Waals surface area contributed by atoms with Gasteiger partial charge < -0.3 is 19.0 Å². The normalized spacial score (nSPS) is 17.9. The fraction of sp³-hybridized carbons (Fsp3) is 0.154. The largest absolute Gasteiger partial charge is 0.431 e. The number of aromatic nitrogens is 1. The fourth-order valence-corrected chi connectivity index (χ4v) is 7.60. The Morgan fingerprint density at radius 1 is 0.755 bits per heavy atom. The van der Waals surface area contributed by atoms with Crippen LogP contribution < -0.4 is 4.72 Å². The molecular formula is C39H34N2O6S2. The molecule has 248 valence electrons. The third-order valence-corrected chi connectivity index (χ3v) is 10.5. The molecule has 1 unspecified atom stereocenters. The van der Waals surface area contributed by atoms with Crippen LogP contribution in [0.1, 0.15) is 35.5 Å². The number of hydrogen-bond acceptors (Lipinski definition) is 8. The number of nitrogens with one attached hydrogen (secondary N) is 1. The summed E-state index contributed by atoms with van der Waals surface area (Å²) in [6.07, 6.45) is -0.776. The van der Waals surface area contributed by atoms with Gasteiger partial charge in [0.15, 0.2) is 12.1 Å². The van der Waals surface area contributed by atoms with Gasteiger partial charge in [-0.15, -0.1) is 0 Å². The van der Waals surface area contributed by atoms with Crippen LogP contribution in [0.4, 0.5) is 5.69 Å². The van der Waals surface area contributed by atoms with Crippen molar-refractivity contribution in [3.8, 4) is 22.6 Å². The van der Waals surface area contributed by atoms with Crippen LogP contribution in [-0.4, -0.2) is 30.4 Å². The van der Waals surface area contributed by atoms with Gasteiger partial charge >= 0.3 is 0 Å². The molecule has 2 N–H and O–H groups in total. The number of benzene rings is 5. The van der Waals surface area contributed by atoms with Gasteiger partial charge in [0.25, 0.3) is 15.2 Å². The second-order valence-corrected chi connectivity index (χ2v) is 14.2. The predicted octanol–water partition coefficient (Wildman–Crippen LogP) is 8.64. The van der Waals surface area contributed by atoms with Gasteiger partial charge in [-0.2, -0.15) is 0 Å². The van der Waals surface area contributed by atoms with E-state index in [0.717, 1.165) is 27.9 Å². The Kier molecular flexibility index (Phi) is 9.92. The molecule has 1 aliphatic rings. The van der Waals surface area contributed by atoms with Crippen LogP contribution in [0.15, 0.2) is 154 Å². The van der Waals surface area contributed by atoms with Gasteiger partial charge in [0.05, 0.1) is 23.7 Å². The van der Waals surface area contributed by atoms with Crippen molar-refractivity contribution in [3.05, 3.63) is 156 Å². The number of rotatable bonds is 11. The molecule has 0 bridgehead atoms. The number of anilines is 1. The smallest absolute Gasteiger partial charge is 0.261 e. The van der Waals surface area contributed by atoms with Gasteiger partial charge in [-0.25, -0.2) is 13.4 Å². The number of hydrogen-bond donors (Lipinski definition) is 2. The molecule has 0 aliphatic carbocycles. The zero-order chi connectivity index (χ0) is 33.6. The van der Waals surface area contributed by atoms with Crippen LogP contribution in [0.25, 0.3) is 22.6 Å². The molecule has 1 aliphatic heterocycles. The first-order valence-corrected chi connectivity index (χ1v) is 18.3. The molecule has 8 nitrogen and oxygen atoms in total. The van der Waals surface area contributed by atoms with Crippen LogP contribution in [0.3, 0.4) is 0 Å². The Labute approximate surface area is 289 Å². The van der Waals surface area contributed by atoms with Crippen molar-refractivity contribution in [2.75, 3.05) is 10.5 Å². The minimum atomic E-state index is -3.79. The third kappa shape index (κ3) is 7.80. The third-order valence-electron chi connectivity index (χ3n) is 8.16. The maximum absolute atomic E-state index is 13.0. The van der Waals surface area contributed by atoms with E-state index in [-0.39, 0.29) is 23.7 Å². The average Bonchev–Trinajstić information content (AvgIpc) is 3.59. The summed E-state index contributed by atoms with van der Waals surface area (Å²) in [6, 6.07) is 42.9. The Morgan fingerprint density at radius 3 is 2.12 bits per heavy atom. The Bertz CT molecular complexity index is 2030. The Morgan fingerprint density at radius 2 is 1.43 bits per heavy atom. The molecule has 1 saturated heterocycles. The van der Waals surface area contributed by atoms with E-state index in [0.29, 0.717) is 34.4 Å². The summed E-state index contributed by atoms with van der Waals surface area (Å²) in [5.41, 5.74) is 5.52. The summed E-state index contributed by atoms with van der Waals surface area (Å²) < 4.78 is 48.2. The zero-order valence-corrected chi connectivity index (χ0v) is 28.0. The summed E-state index contributed by atoms with van der Waals surface area (Å²) in [6.45, 7) is -0.0471. The van der Waals surface area contributed by atoms with E-state index in [1.165, 1.54) is 11.8 Å². The van der Waals surface area contributed by atoms with Gasteiger partial charge in [-0.3, -0.25) is 4.72 Å². The Balaban J connectivity index is 1.14. The van der Waals surface area contributed by atoms with Crippen LogP contribution in [0, 0.1) is 0 Å². The quantitative estimate of drug-likeness (QED) is 0.130. The molecule has 1 aromatic heterocycles. The molecule has 3 atom stereocenters. The number of nitrogens with zero attached hydrogens (tertiary/aromatic N) is 1. The molecule has 0 spiro atoms. The number of sulfonamides is 1. The monoisotopic (exact) mass is 690 g/mol. The van der Waals surface area contributed by atoms with Crippen LogP contribution >= 0.6 is 11.8 Å². The summed E-state index contributed by atoms with van der Waals surface area (Å²) in [4.78, 5) is 5.08. The van der Waals surface area contributed by atoms with Crippen molar-refractivity contribution in [3.63, 3.8) is 0 Å². The van der Waals surface area contributed by atoms with E-state index in [1.54, 1.807) is 48.5 Å². The highest BCUT2D eigenvalue weighted by molar-refractivity contribution is 7.99. The van der Waals surface area contributed by atoms with Gasteiger partial charge in [-0.05, 0) is 35.4 Å². The summed E-state index contributed by atoms with van der Waals surface area (Å²) in [5.74, 6) is 1.24. The Hall–Kier alpha value is -4.71. The number of ether oxygens (including phenoxy) is 2. The lowest BCUT2D eigenvalue weighted by molar-refractivity contribution is -0.245. The van der Waals surface area contributed by atoms with Crippen molar-refractivity contribution in [2.45, 2.75) is 41.6 Å². The van der Waals surface area contributed by atoms with Crippen molar-refractivity contribution >= 4 is 27.5 Å². The minimum Gasteiger partial charge on any atom is -0.431 e. The van der Waals surface area contributed by atoms with E-state index < -0.39 is 16.3 Å². The molecule has 6 aromatic rings. The second-order valence-electron chi connectivity index (χ2n) is 11.6. The highest BCUT2D eigenvalue weighted by Gasteiger charge is 2.33. The summed E-state index contributed by atoms with van der Waals surface area (Å²) in [5, 5.41) is 10.1. The maximum Gasteiger partial charge on any atom is 0.261 e. The van der Waals surface area contributed by atoms with Gasteiger partial charge in [0.2, 0.25) is 0 Å². The molecule has 0 saturated carbocycles. The van der Waals surface area contributed by atoms with Crippen molar-refractivity contribution in [1.82, 2.24) is 4.98 Å². The maximum atomic E-state index is 13.0. The number of thioether (sulfide) groups is 1. The molecular weight excluding hydrogens is 657 g/mol. The second kappa shape index (κ2) is 14.8. The molecule has 10 heteroatoms. The van der Waals surface area contributed by atoms with Gasteiger partial charge in [-0.1, -0.05) is 127 Å². The highest BCUT2D eigenvalue weighted by Crippen LogP contribution is 2.41. The van der Waals surface area contributed by atoms with Crippen LogP contribution in [0.5, 0.6) is 0 Å². The molecule has 49 heavy (non-hydrogen) atoms. The standard InChI is InChI=1S/C39H34N2O6S2/c42-25-27-19-21-28(22-20-27)35-24-33(26-48-39-40-36(29-11-4-1-5-12-29)37(47-39)30-13-6-2-7-14-30)45-38(46-35)31-15-10-16-32(23-31)41-49(43,44)34-17-8-3-9-18-34/h1-23,33,35,38,41-42H,24-26H2/t33-,35+,38?/m0/s1. The molecule has 0 radical (unpaired) electrons. The zero-order valence-electron chi connectivity index (χ0n) is 26.4. The lowest BCUT2D eigenvalue weighted by Crippen LogP contribution is -2.31. The van der Waals surface area contributed by atoms with Gasteiger partial charge in [0.1, 0.15) is 5.69 Å². The van der Waals surface area contributed by atoms with E-state index in [9.17, 15) is 13.5 Å². The lowest BCUT2D eigenvalue weighted by Gasteiger charge is -2.36. The van der Waals surface area contributed by atoms with Crippen molar-refractivity contribution < 1.29 is 27.4 Å². The fourth-order valence-electron chi connectivity index (χ4n) is 5.69. The number of oxazole rings is 1.